The van der Waals surface area contributed by atoms with Gasteiger partial charge in [-0.2, -0.15) is 0 Å². The third kappa shape index (κ3) is 3.74. The van der Waals surface area contributed by atoms with Crippen LogP contribution in [0.1, 0.15) is 6.92 Å². The first-order chi connectivity index (χ1) is 9.51. The molecule has 0 amide bonds. The topological polar surface area (TPSA) is 58.2 Å². The van der Waals surface area contributed by atoms with E-state index in [4.69, 9.17) is 0 Å². The van der Waals surface area contributed by atoms with Crippen LogP contribution >= 0.6 is 15.9 Å². The summed E-state index contributed by atoms with van der Waals surface area (Å²) in [5.41, 5.74) is 1.42. The van der Waals surface area contributed by atoms with Crippen molar-refractivity contribution in [2.24, 2.45) is 0 Å². The van der Waals surface area contributed by atoms with Gasteiger partial charge in [0.2, 0.25) is 0 Å². The number of nitrogens with one attached hydrogen (secondary N) is 2. The standard InChI is InChI=1S/C14H15BrN2O2S/c1-2-16-12-6-8-14(9-7-12)20(18,19)17-13-5-3-4-11(15)10-13/h3-10,16-17H,2H2,1H3. The second-order valence-electron chi connectivity index (χ2n) is 4.17. The van der Waals surface area contributed by atoms with Gasteiger partial charge in [0, 0.05) is 22.4 Å². The largest absolute Gasteiger partial charge is 0.385 e. The summed E-state index contributed by atoms with van der Waals surface area (Å²) < 4.78 is 27.8. The average Bonchev–Trinajstić information content (AvgIpc) is 2.39. The minimum absolute atomic E-state index is 0.235. The minimum Gasteiger partial charge on any atom is -0.385 e. The van der Waals surface area contributed by atoms with E-state index in [2.05, 4.69) is 26.0 Å². The highest BCUT2D eigenvalue weighted by molar-refractivity contribution is 9.10. The lowest BCUT2D eigenvalue weighted by atomic mass is 10.3. The molecule has 2 aromatic carbocycles. The van der Waals surface area contributed by atoms with E-state index in [0.717, 1.165) is 16.7 Å². The number of sulfonamides is 1. The maximum Gasteiger partial charge on any atom is 0.261 e. The van der Waals surface area contributed by atoms with Gasteiger partial charge in [0.25, 0.3) is 10.0 Å². The lowest BCUT2D eigenvalue weighted by molar-refractivity contribution is 0.601. The number of benzene rings is 2. The van der Waals surface area contributed by atoms with E-state index in [-0.39, 0.29) is 4.90 Å². The highest BCUT2D eigenvalue weighted by atomic mass is 79.9. The Morgan fingerprint density at radius 2 is 1.75 bits per heavy atom. The van der Waals surface area contributed by atoms with Crippen LogP contribution in [0.2, 0.25) is 0 Å². The second kappa shape index (κ2) is 6.28. The van der Waals surface area contributed by atoms with Crippen LogP contribution in [0.3, 0.4) is 0 Å². The van der Waals surface area contributed by atoms with Crippen LogP contribution in [0.5, 0.6) is 0 Å². The lowest BCUT2D eigenvalue weighted by Gasteiger charge is -2.09. The normalized spacial score (nSPS) is 11.1. The van der Waals surface area contributed by atoms with Crippen molar-refractivity contribution >= 4 is 37.3 Å². The van der Waals surface area contributed by atoms with Gasteiger partial charge in [0.05, 0.1) is 4.90 Å². The van der Waals surface area contributed by atoms with Crippen molar-refractivity contribution < 1.29 is 8.42 Å². The summed E-state index contributed by atoms with van der Waals surface area (Å²) in [5.74, 6) is 0. The van der Waals surface area contributed by atoms with Gasteiger partial charge in [0.1, 0.15) is 0 Å². The number of anilines is 2. The summed E-state index contributed by atoms with van der Waals surface area (Å²) in [4.78, 5) is 0.235. The van der Waals surface area contributed by atoms with Gasteiger partial charge in [-0.3, -0.25) is 4.72 Å². The van der Waals surface area contributed by atoms with Crippen LogP contribution in [0.25, 0.3) is 0 Å². The molecule has 0 bridgehead atoms. The molecule has 0 aromatic heterocycles. The van der Waals surface area contributed by atoms with Crippen LogP contribution in [-0.2, 0) is 10.0 Å². The Morgan fingerprint density at radius 1 is 1.05 bits per heavy atom. The van der Waals surface area contributed by atoms with E-state index in [1.165, 1.54) is 0 Å². The van der Waals surface area contributed by atoms with E-state index in [0.29, 0.717) is 5.69 Å². The van der Waals surface area contributed by atoms with Gasteiger partial charge in [-0.25, -0.2) is 8.42 Å². The first-order valence-corrected chi connectivity index (χ1v) is 8.41. The smallest absolute Gasteiger partial charge is 0.261 e. The maximum atomic E-state index is 12.2. The van der Waals surface area contributed by atoms with Gasteiger partial charge in [-0.1, -0.05) is 22.0 Å². The SMILES string of the molecule is CCNc1ccc(S(=O)(=O)Nc2cccc(Br)c2)cc1. The monoisotopic (exact) mass is 354 g/mol. The summed E-state index contributed by atoms with van der Waals surface area (Å²) in [6.45, 7) is 2.78. The number of rotatable bonds is 5. The highest BCUT2D eigenvalue weighted by Gasteiger charge is 2.13. The van der Waals surface area contributed by atoms with E-state index in [9.17, 15) is 8.42 Å². The third-order valence-corrected chi connectivity index (χ3v) is 4.51. The predicted octanol–water partition coefficient (Wildman–Crippen LogP) is 3.68. The molecule has 6 heteroatoms. The Labute approximate surface area is 127 Å². The molecule has 0 heterocycles. The Hall–Kier alpha value is -1.53. The molecule has 0 radical (unpaired) electrons. The van der Waals surface area contributed by atoms with Crippen molar-refractivity contribution in [3.05, 3.63) is 53.0 Å². The fraction of sp³-hybridized carbons (Fsp3) is 0.143. The Balaban J connectivity index is 2.21. The highest BCUT2D eigenvalue weighted by Crippen LogP contribution is 2.20. The molecular weight excluding hydrogens is 340 g/mol. The summed E-state index contributed by atoms with van der Waals surface area (Å²) in [7, 11) is -3.56. The van der Waals surface area contributed by atoms with E-state index in [1.54, 1.807) is 42.5 Å². The first-order valence-electron chi connectivity index (χ1n) is 6.13. The van der Waals surface area contributed by atoms with Crippen LogP contribution < -0.4 is 10.0 Å². The maximum absolute atomic E-state index is 12.2. The molecule has 106 valence electrons. The molecule has 0 fully saturated rings. The number of hydrogen-bond donors (Lipinski definition) is 2. The first kappa shape index (κ1) is 14.9. The van der Waals surface area contributed by atoms with Gasteiger partial charge in [-0.05, 0) is 49.4 Å². The third-order valence-electron chi connectivity index (χ3n) is 2.62. The zero-order chi connectivity index (χ0) is 14.6. The Kier molecular flexibility index (Phi) is 4.67. The van der Waals surface area contributed by atoms with Crippen LogP contribution in [-0.4, -0.2) is 15.0 Å². The summed E-state index contributed by atoms with van der Waals surface area (Å²) in [6.07, 6.45) is 0. The fourth-order valence-corrected chi connectivity index (χ4v) is 3.17. The Bertz CT molecular complexity index is 685. The molecule has 0 aliphatic carbocycles. The zero-order valence-corrected chi connectivity index (χ0v) is 13.3. The van der Waals surface area contributed by atoms with Gasteiger partial charge in [0.15, 0.2) is 0 Å². The number of hydrogen-bond acceptors (Lipinski definition) is 3. The molecule has 0 saturated carbocycles. The molecule has 0 aliphatic rings. The quantitative estimate of drug-likeness (QED) is 0.860. The van der Waals surface area contributed by atoms with Crippen LogP contribution in [0, 0.1) is 0 Å². The second-order valence-corrected chi connectivity index (χ2v) is 6.77. The molecule has 0 atom stereocenters. The van der Waals surface area contributed by atoms with Crippen molar-refractivity contribution in [1.29, 1.82) is 0 Å². The summed E-state index contributed by atoms with van der Waals surface area (Å²) >= 11 is 3.31. The van der Waals surface area contributed by atoms with Crippen molar-refractivity contribution in [2.75, 3.05) is 16.6 Å². The van der Waals surface area contributed by atoms with E-state index in [1.807, 2.05) is 13.0 Å². The Morgan fingerprint density at radius 3 is 2.35 bits per heavy atom. The van der Waals surface area contributed by atoms with Crippen molar-refractivity contribution in [3.8, 4) is 0 Å². The summed E-state index contributed by atoms with van der Waals surface area (Å²) in [6, 6.07) is 13.7. The molecule has 2 N–H and O–H groups in total. The molecule has 0 spiro atoms. The van der Waals surface area contributed by atoms with Gasteiger partial charge >= 0.3 is 0 Å². The zero-order valence-electron chi connectivity index (χ0n) is 10.9. The van der Waals surface area contributed by atoms with E-state index < -0.39 is 10.0 Å². The van der Waals surface area contributed by atoms with Gasteiger partial charge < -0.3 is 5.32 Å². The van der Waals surface area contributed by atoms with Crippen molar-refractivity contribution in [1.82, 2.24) is 0 Å². The molecular formula is C14H15BrN2O2S. The molecule has 2 aromatic rings. The molecule has 4 nitrogen and oxygen atoms in total. The summed E-state index contributed by atoms with van der Waals surface area (Å²) in [5, 5.41) is 3.12. The lowest BCUT2D eigenvalue weighted by Crippen LogP contribution is -2.12. The van der Waals surface area contributed by atoms with E-state index >= 15 is 0 Å². The molecule has 20 heavy (non-hydrogen) atoms. The average molecular weight is 355 g/mol. The van der Waals surface area contributed by atoms with Crippen molar-refractivity contribution in [3.63, 3.8) is 0 Å². The van der Waals surface area contributed by atoms with Crippen LogP contribution in [0.4, 0.5) is 11.4 Å². The molecule has 0 aliphatic heterocycles. The predicted molar refractivity (Wildman–Crippen MR) is 85.6 cm³/mol. The van der Waals surface area contributed by atoms with Crippen molar-refractivity contribution in [2.45, 2.75) is 11.8 Å². The van der Waals surface area contributed by atoms with Crippen LogP contribution in [0.15, 0.2) is 57.9 Å². The minimum atomic E-state index is -3.56. The molecule has 0 unspecified atom stereocenters. The van der Waals surface area contributed by atoms with Gasteiger partial charge in [-0.15, -0.1) is 0 Å². The fourth-order valence-electron chi connectivity index (χ4n) is 1.72. The molecule has 2 rings (SSSR count). The number of halogens is 1. The molecule has 0 saturated heterocycles.